The van der Waals surface area contributed by atoms with Crippen LogP contribution in [-0.2, 0) is 0 Å². The third-order valence-electron chi connectivity index (χ3n) is 4.76. The van der Waals surface area contributed by atoms with Gasteiger partial charge in [0, 0.05) is 23.4 Å². The van der Waals surface area contributed by atoms with Gasteiger partial charge in [-0.1, -0.05) is 30.0 Å². The van der Waals surface area contributed by atoms with Crippen molar-refractivity contribution >= 4 is 28.9 Å². The van der Waals surface area contributed by atoms with Crippen LogP contribution in [0.15, 0.2) is 53.8 Å². The molecule has 4 aromatic rings. The zero-order valence-corrected chi connectivity index (χ0v) is 16.0. The van der Waals surface area contributed by atoms with Crippen molar-refractivity contribution in [2.24, 2.45) is 0 Å². The lowest BCUT2D eigenvalue weighted by Gasteiger charge is -2.05. The third-order valence-corrected chi connectivity index (χ3v) is 5.41. The molecule has 1 aliphatic rings. The SMILES string of the molecule is CSc1nc(C(=O)Nc2cccc(-c3n[nH]c(C4CC4)n3)c2)c2ccccn12. The number of nitrogens with one attached hydrogen (secondary N) is 2. The Kier molecular flexibility index (Phi) is 4.12. The molecule has 1 aromatic carbocycles. The number of rotatable bonds is 5. The molecule has 8 heteroatoms. The van der Waals surface area contributed by atoms with Crippen LogP contribution in [0.2, 0.25) is 0 Å². The van der Waals surface area contributed by atoms with Crippen molar-refractivity contribution in [3.63, 3.8) is 0 Å². The van der Waals surface area contributed by atoms with E-state index in [-0.39, 0.29) is 5.91 Å². The average molecular weight is 390 g/mol. The van der Waals surface area contributed by atoms with E-state index in [2.05, 4.69) is 25.5 Å². The van der Waals surface area contributed by atoms with E-state index >= 15 is 0 Å². The van der Waals surface area contributed by atoms with E-state index in [9.17, 15) is 4.79 Å². The molecule has 3 heterocycles. The van der Waals surface area contributed by atoms with E-state index in [4.69, 9.17) is 0 Å². The van der Waals surface area contributed by atoms with E-state index in [0.717, 1.165) is 22.1 Å². The van der Waals surface area contributed by atoms with Gasteiger partial charge in [0.1, 0.15) is 5.82 Å². The molecular formula is C20H18N6OS. The minimum absolute atomic E-state index is 0.241. The Morgan fingerprint density at radius 2 is 2.11 bits per heavy atom. The first-order valence-corrected chi connectivity index (χ1v) is 10.3. The molecule has 1 amide bonds. The predicted octanol–water partition coefficient (Wildman–Crippen LogP) is 3.97. The molecule has 0 unspecified atom stereocenters. The largest absolute Gasteiger partial charge is 0.321 e. The molecule has 0 bridgehead atoms. The lowest BCUT2D eigenvalue weighted by molar-refractivity contribution is 0.102. The number of benzene rings is 1. The Hall–Kier alpha value is -3.13. The number of pyridine rings is 1. The fraction of sp³-hybridized carbons (Fsp3) is 0.200. The molecule has 5 rings (SSSR count). The molecule has 2 N–H and O–H groups in total. The summed E-state index contributed by atoms with van der Waals surface area (Å²) in [6, 6.07) is 13.3. The summed E-state index contributed by atoms with van der Waals surface area (Å²) in [7, 11) is 0. The number of fused-ring (bicyclic) bond motifs is 1. The quantitative estimate of drug-likeness (QED) is 0.504. The number of hydrogen-bond acceptors (Lipinski definition) is 5. The first kappa shape index (κ1) is 17.0. The van der Waals surface area contributed by atoms with E-state index in [1.54, 1.807) is 0 Å². The van der Waals surface area contributed by atoms with Crippen LogP contribution in [0.1, 0.15) is 35.1 Å². The van der Waals surface area contributed by atoms with Gasteiger partial charge in [-0.05, 0) is 43.4 Å². The van der Waals surface area contributed by atoms with Crippen molar-refractivity contribution in [1.82, 2.24) is 24.6 Å². The number of aromatic amines is 1. The van der Waals surface area contributed by atoms with Crippen LogP contribution in [0.25, 0.3) is 16.9 Å². The Bertz CT molecular complexity index is 1180. The van der Waals surface area contributed by atoms with Gasteiger partial charge in [-0.2, -0.15) is 5.10 Å². The highest BCUT2D eigenvalue weighted by Gasteiger charge is 2.27. The third kappa shape index (κ3) is 3.05. The Morgan fingerprint density at radius 1 is 1.21 bits per heavy atom. The molecule has 0 aliphatic heterocycles. The fourth-order valence-electron chi connectivity index (χ4n) is 3.19. The highest BCUT2D eigenvalue weighted by atomic mass is 32.2. The lowest BCUT2D eigenvalue weighted by Crippen LogP contribution is -2.12. The lowest BCUT2D eigenvalue weighted by atomic mass is 10.2. The van der Waals surface area contributed by atoms with E-state index in [1.807, 2.05) is 59.3 Å². The van der Waals surface area contributed by atoms with E-state index in [1.165, 1.54) is 24.6 Å². The zero-order chi connectivity index (χ0) is 19.1. The topological polar surface area (TPSA) is 88.0 Å². The molecule has 1 aliphatic carbocycles. The number of anilines is 1. The van der Waals surface area contributed by atoms with Crippen molar-refractivity contribution in [3.05, 3.63) is 60.2 Å². The highest BCUT2D eigenvalue weighted by molar-refractivity contribution is 7.98. The van der Waals surface area contributed by atoms with Crippen molar-refractivity contribution in [1.29, 1.82) is 0 Å². The maximum absolute atomic E-state index is 12.9. The molecule has 0 atom stereocenters. The number of nitrogens with zero attached hydrogens (tertiary/aromatic N) is 4. The minimum atomic E-state index is -0.241. The van der Waals surface area contributed by atoms with E-state index in [0.29, 0.717) is 23.1 Å². The van der Waals surface area contributed by atoms with Crippen molar-refractivity contribution in [2.75, 3.05) is 11.6 Å². The zero-order valence-electron chi connectivity index (χ0n) is 15.2. The van der Waals surface area contributed by atoms with Gasteiger partial charge in [0.15, 0.2) is 16.7 Å². The van der Waals surface area contributed by atoms with Crippen LogP contribution < -0.4 is 5.32 Å². The average Bonchev–Trinajstić information content (AvgIpc) is 3.33. The second-order valence-electron chi connectivity index (χ2n) is 6.76. The molecule has 0 spiro atoms. The van der Waals surface area contributed by atoms with E-state index < -0.39 is 0 Å². The van der Waals surface area contributed by atoms with Gasteiger partial charge in [-0.3, -0.25) is 14.3 Å². The molecular weight excluding hydrogens is 372 g/mol. The molecule has 1 fully saturated rings. The monoisotopic (exact) mass is 390 g/mol. The van der Waals surface area contributed by atoms with Gasteiger partial charge < -0.3 is 5.32 Å². The number of carbonyl (C=O) groups is 1. The molecule has 28 heavy (non-hydrogen) atoms. The maximum atomic E-state index is 12.9. The van der Waals surface area contributed by atoms with Gasteiger partial charge >= 0.3 is 0 Å². The fourth-order valence-corrected chi connectivity index (χ4v) is 3.73. The maximum Gasteiger partial charge on any atom is 0.276 e. The van der Waals surface area contributed by atoms with Gasteiger partial charge in [0.05, 0.1) is 5.52 Å². The Morgan fingerprint density at radius 3 is 2.93 bits per heavy atom. The molecule has 3 aromatic heterocycles. The summed E-state index contributed by atoms with van der Waals surface area (Å²) in [5, 5.41) is 11.1. The minimum Gasteiger partial charge on any atom is -0.321 e. The van der Waals surface area contributed by atoms with Crippen molar-refractivity contribution in [3.8, 4) is 11.4 Å². The Balaban J connectivity index is 1.42. The summed E-state index contributed by atoms with van der Waals surface area (Å²) < 4.78 is 1.92. The molecule has 7 nitrogen and oxygen atoms in total. The first-order valence-electron chi connectivity index (χ1n) is 9.08. The molecule has 140 valence electrons. The summed E-state index contributed by atoms with van der Waals surface area (Å²) in [5.74, 6) is 1.87. The number of thioether (sulfide) groups is 1. The van der Waals surface area contributed by atoms with Crippen LogP contribution in [0.4, 0.5) is 5.69 Å². The summed E-state index contributed by atoms with van der Waals surface area (Å²) >= 11 is 1.50. The number of imidazole rings is 1. The summed E-state index contributed by atoms with van der Waals surface area (Å²) in [6.07, 6.45) is 6.19. The van der Waals surface area contributed by atoms with Gasteiger partial charge in [-0.15, -0.1) is 0 Å². The summed E-state index contributed by atoms with van der Waals surface area (Å²) in [6.45, 7) is 0. The number of aromatic nitrogens is 5. The van der Waals surface area contributed by atoms with Gasteiger partial charge in [-0.25, -0.2) is 9.97 Å². The van der Waals surface area contributed by atoms with Crippen LogP contribution in [-0.4, -0.2) is 36.7 Å². The van der Waals surface area contributed by atoms with Gasteiger partial charge in [0.2, 0.25) is 0 Å². The van der Waals surface area contributed by atoms with Crippen LogP contribution >= 0.6 is 11.8 Å². The normalized spacial score (nSPS) is 13.8. The number of amides is 1. The Labute approximate surface area is 165 Å². The molecule has 0 radical (unpaired) electrons. The van der Waals surface area contributed by atoms with Crippen molar-refractivity contribution < 1.29 is 4.79 Å². The first-order chi connectivity index (χ1) is 13.7. The van der Waals surface area contributed by atoms with Crippen molar-refractivity contribution in [2.45, 2.75) is 23.9 Å². The number of carbonyl (C=O) groups excluding carboxylic acids is 1. The molecule has 0 saturated heterocycles. The smallest absolute Gasteiger partial charge is 0.276 e. The summed E-state index contributed by atoms with van der Waals surface area (Å²) in [4.78, 5) is 22.0. The number of H-pyrrole nitrogens is 1. The number of hydrogen-bond donors (Lipinski definition) is 2. The van der Waals surface area contributed by atoms with Gasteiger partial charge in [0.25, 0.3) is 5.91 Å². The second-order valence-corrected chi connectivity index (χ2v) is 7.53. The second kappa shape index (κ2) is 6.79. The standard InChI is InChI=1S/C20H18N6OS/c1-28-20-22-16(15-7-2-3-10-26(15)20)19(27)21-14-6-4-5-13(11-14)18-23-17(24-25-18)12-8-9-12/h2-7,10-12H,8-9H2,1H3,(H,21,27)(H,23,24,25). The van der Waals surface area contributed by atoms with Crippen LogP contribution in [0.3, 0.4) is 0 Å². The van der Waals surface area contributed by atoms with Crippen LogP contribution in [0, 0.1) is 0 Å². The molecule has 1 saturated carbocycles. The highest BCUT2D eigenvalue weighted by Crippen LogP contribution is 2.38. The van der Waals surface area contributed by atoms with Crippen LogP contribution in [0.5, 0.6) is 0 Å². The summed E-state index contributed by atoms with van der Waals surface area (Å²) in [5.41, 5.74) is 2.73. The predicted molar refractivity (Wildman–Crippen MR) is 109 cm³/mol.